The van der Waals surface area contributed by atoms with Crippen LogP contribution in [0.4, 0.5) is 0 Å². The molecule has 1 saturated carbocycles. The first kappa shape index (κ1) is 11.4. The normalized spacial score (nSPS) is 40.0. The van der Waals surface area contributed by atoms with Crippen LogP contribution in [0, 0.1) is 0 Å². The molecule has 0 aromatic rings. The number of hydrogen-bond acceptors (Lipinski definition) is 3. The third-order valence-corrected chi connectivity index (χ3v) is 3.92. The Labute approximate surface area is 92.8 Å². The van der Waals surface area contributed by atoms with E-state index in [1.54, 1.807) is 0 Å². The minimum atomic E-state index is -0.0898. The number of nitrogens with one attached hydrogen (secondary N) is 1. The van der Waals surface area contributed by atoms with Crippen molar-refractivity contribution >= 4 is 0 Å². The molecule has 15 heavy (non-hydrogen) atoms. The molecule has 0 aromatic heterocycles. The highest BCUT2D eigenvalue weighted by molar-refractivity contribution is 4.87. The molecule has 3 nitrogen and oxygen atoms in total. The van der Waals surface area contributed by atoms with Crippen LogP contribution in [0.1, 0.15) is 39.0 Å². The van der Waals surface area contributed by atoms with Crippen LogP contribution in [0.3, 0.4) is 0 Å². The summed E-state index contributed by atoms with van der Waals surface area (Å²) < 4.78 is 0. The van der Waals surface area contributed by atoms with Crippen LogP contribution < -0.4 is 5.32 Å². The van der Waals surface area contributed by atoms with Gasteiger partial charge in [-0.05, 0) is 19.8 Å². The summed E-state index contributed by atoms with van der Waals surface area (Å²) in [6.45, 7) is 5.52. The SMILES string of the molecule is CC1CNCCN1C1CCCCCC1O. The van der Waals surface area contributed by atoms with Gasteiger partial charge in [-0.2, -0.15) is 0 Å². The first-order valence-corrected chi connectivity index (χ1v) is 6.43. The molecule has 0 bridgehead atoms. The van der Waals surface area contributed by atoms with Crippen molar-refractivity contribution in [2.45, 2.75) is 57.2 Å². The second-order valence-electron chi connectivity index (χ2n) is 5.06. The lowest BCUT2D eigenvalue weighted by Crippen LogP contribution is -2.56. The van der Waals surface area contributed by atoms with Crippen LogP contribution in [0.15, 0.2) is 0 Å². The molecule has 2 aliphatic rings. The van der Waals surface area contributed by atoms with E-state index >= 15 is 0 Å². The van der Waals surface area contributed by atoms with Crippen LogP contribution in [-0.4, -0.2) is 47.8 Å². The molecule has 3 atom stereocenters. The Morgan fingerprint density at radius 1 is 1.20 bits per heavy atom. The molecule has 0 aromatic carbocycles. The fourth-order valence-electron chi connectivity index (χ4n) is 3.00. The van der Waals surface area contributed by atoms with Crippen LogP contribution >= 0.6 is 0 Å². The first-order valence-electron chi connectivity index (χ1n) is 6.43. The number of aliphatic hydroxyl groups excluding tert-OH is 1. The number of piperazine rings is 1. The molecule has 2 fully saturated rings. The molecule has 2 N–H and O–H groups in total. The Morgan fingerprint density at radius 2 is 2.00 bits per heavy atom. The van der Waals surface area contributed by atoms with Crippen molar-refractivity contribution in [1.29, 1.82) is 0 Å². The molecular weight excluding hydrogens is 188 g/mol. The van der Waals surface area contributed by atoms with Crippen LogP contribution in [0.5, 0.6) is 0 Å². The maximum absolute atomic E-state index is 10.2. The van der Waals surface area contributed by atoms with Crippen molar-refractivity contribution in [3.05, 3.63) is 0 Å². The molecular formula is C12H24N2O. The fourth-order valence-corrected chi connectivity index (χ4v) is 3.00. The van der Waals surface area contributed by atoms with E-state index in [-0.39, 0.29) is 6.10 Å². The lowest BCUT2D eigenvalue weighted by Gasteiger charge is -2.41. The molecule has 1 aliphatic carbocycles. The molecule has 2 rings (SSSR count). The molecule has 88 valence electrons. The van der Waals surface area contributed by atoms with E-state index in [9.17, 15) is 5.11 Å². The summed E-state index contributed by atoms with van der Waals surface area (Å²) in [5.41, 5.74) is 0. The topological polar surface area (TPSA) is 35.5 Å². The number of nitrogens with zero attached hydrogens (tertiary/aromatic N) is 1. The van der Waals surface area contributed by atoms with Gasteiger partial charge in [-0.15, -0.1) is 0 Å². The van der Waals surface area contributed by atoms with Crippen molar-refractivity contribution in [2.24, 2.45) is 0 Å². The Morgan fingerprint density at radius 3 is 2.80 bits per heavy atom. The van der Waals surface area contributed by atoms with Crippen LogP contribution in [0.25, 0.3) is 0 Å². The van der Waals surface area contributed by atoms with Crippen molar-refractivity contribution in [1.82, 2.24) is 10.2 Å². The van der Waals surface area contributed by atoms with E-state index in [1.807, 2.05) is 0 Å². The molecule has 1 heterocycles. The van der Waals surface area contributed by atoms with Crippen molar-refractivity contribution in [3.8, 4) is 0 Å². The van der Waals surface area contributed by atoms with E-state index in [1.165, 1.54) is 25.7 Å². The average Bonchev–Trinajstić information content (AvgIpc) is 2.44. The van der Waals surface area contributed by atoms with Gasteiger partial charge in [0, 0.05) is 31.7 Å². The van der Waals surface area contributed by atoms with Gasteiger partial charge in [0.05, 0.1) is 6.10 Å². The van der Waals surface area contributed by atoms with E-state index in [0.717, 1.165) is 26.1 Å². The Hall–Kier alpha value is -0.120. The summed E-state index contributed by atoms with van der Waals surface area (Å²) >= 11 is 0. The van der Waals surface area contributed by atoms with E-state index in [4.69, 9.17) is 0 Å². The lowest BCUT2D eigenvalue weighted by atomic mass is 10.0. The maximum Gasteiger partial charge on any atom is 0.0695 e. The fraction of sp³-hybridized carbons (Fsp3) is 1.00. The standard InChI is InChI=1S/C12H24N2O/c1-10-9-13-7-8-14(10)11-5-3-2-4-6-12(11)15/h10-13,15H,2-9H2,1H3. The van der Waals surface area contributed by atoms with Gasteiger partial charge in [0.25, 0.3) is 0 Å². The van der Waals surface area contributed by atoms with Crippen LogP contribution in [-0.2, 0) is 0 Å². The third-order valence-electron chi connectivity index (χ3n) is 3.92. The zero-order valence-corrected chi connectivity index (χ0v) is 9.78. The molecule has 3 heteroatoms. The molecule has 0 radical (unpaired) electrons. The summed E-state index contributed by atoms with van der Waals surface area (Å²) in [5.74, 6) is 0. The van der Waals surface area contributed by atoms with Gasteiger partial charge in [-0.1, -0.05) is 19.3 Å². The van der Waals surface area contributed by atoms with Gasteiger partial charge in [-0.25, -0.2) is 0 Å². The zero-order valence-electron chi connectivity index (χ0n) is 9.78. The van der Waals surface area contributed by atoms with E-state index in [0.29, 0.717) is 12.1 Å². The van der Waals surface area contributed by atoms with Crippen molar-refractivity contribution in [2.75, 3.05) is 19.6 Å². The highest BCUT2D eigenvalue weighted by Crippen LogP contribution is 2.24. The summed E-state index contributed by atoms with van der Waals surface area (Å²) in [7, 11) is 0. The number of hydrogen-bond donors (Lipinski definition) is 2. The zero-order chi connectivity index (χ0) is 10.7. The van der Waals surface area contributed by atoms with Gasteiger partial charge in [-0.3, -0.25) is 4.90 Å². The minimum absolute atomic E-state index is 0.0898. The van der Waals surface area contributed by atoms with Gasteiger partial charge < -0.3 is 10.4 Å². The summed E-state index contributed by atoms with van der Waals surface area (Å²) in [6.07, 6.45) is 5.89. The Bertz CT molecular complexity index is 198. The largest absolute Gasteiger partial charge is 0.391 e. The highest BCUT2D eigenvalue weighted by Gasteiger charge is 2.31. The maximum atomic E-state index is 10.2. The van der Waals surface area contributed by atoms with Gasteiger partial charge in [0.1, 0.15) is 0 Å². The van der Waals surface area contributed by atoms with Gasteiger partial charge in [0.15, 0.2) is 0 Å². The smallest absolute Gasteiger partial charge is 0.0695 e. The quantitative estimate of drug-likeness (QED) is 0.636. The minimum Gasteiger partial charge on any atom is -0.391 e. The predicted molar refractivity (Wildman–Crippen MR) is 61.9 cm³/mol. The van der Waals surface area contributed by atoms with E-state index < -0.39 is 0 Å². The van der Waals surface area contributed by atoms with Crippen molar-refractivity contribution in [3.63, 3.8) is 0 Å². The van der Waals surface area contributed by atoms with Crippen LogP contribution in [0.2, 0.25) is 0 Å². The van der Waals surface area contributed by atoms with Gasteiger partial charge >= 0.3 is 0 Å². The average molecular weight is 212 g/mol. The third kappa shape index (κ3) is 2.71. The Kier molecular flexibility index (Phi) is 4.00. The van der Waals surface area contributed by atoms with Gasteiger partial charge in [0.2, 0.25) is 0 Å². The first-order chi connectivity index (χ1) is 7.29. The van der Waals surface area contributed by atoms with E-state index in [2.05, 4.69) is 17.1 Å². The molecule has 1 saturated heterocycles. The molecule has 1 aliphatic heterocycles. The second kappa shape index (κ2) is 5.28. The number of rotatable bonds is 1. The summed E-state index contributed by atoms with van der Waals surface area (Å²) in [4.78, 5) is 2.52. The lowest BCUT2D eigenvalue weighted by molar-refractivity contribution is 0.0142. The Balaban J connectivity index is 1.98. The second-order valence-corrected chi connectivity index (χ2v) is 5.06. The highest BCUT2D eigenvalue weighted by atomic mass is 16.3. The molecule has 0 spiro atoms. The summed E-state index contributed by atoms with van der Waals surface area (Å²) in [6, 6.07) is 1.00. The molecule has 0 amide bonds. The summed E-state index contributed by atoms with van der Waals surface area (Å²) in [5, 5.41) is 13.6. The van der Waals surface area contributed by atoms with Crippen molar-refractivity contribution < 1.29 is 5.11 Å². The molecule has 3 unspecified atom stereocenters. The number of aliphatic hydroxyl groups is 1. The monoisotopic (exact) mass is 212 g/mol. The predicted octanol–water partition coefficient (Wildman–Crippen LogP) is 0.974.